The molecule has 1 heterocycles. The van der Waals surface area contributed by atoms with E-state index in [1.54, 1.807) is 25.2 Å². The van der Waals surface area contributed by atoms with Crippen LogP contribution in [-0.4, -0.2) is 42.6 Å². The van der Waals surface area contributed by atoms with E-state index in [9.17, 15) is 9.59 Å². The van der Waals surface area contributed by atoms with Crippen LogP contribution in [0.1, 0.15) is 12.0 Å². The van der Waals surface area contributed by atoms with Gasteiger partial charge in [-0.25, -0.2) is 0 Å². The van der Waals surface area contributed by atoms with Crippen LogP contribution < -0.4 is 9.47 Å². The SMILES string of the molecule is COc1cc(CN2CC(C(=O)O)CC2=O)cc(OC)c1. The number of hydrogen-bond donors (Lipinski definition) is 1. The number of carboxylic acid groups (broad SMARTS) is 1. The Labute approximate surface area is 116 Å². The second-order valence-electron chi connectivity index (χ2n) is 4.73. The minimum atomic E-state index is -0.927. The molecule has 0 bridgehead atoms. The van der Waals surface area contributed by atoms with E-state index in [1.165, 1.54) is 0 Å². The second kappa shape index (κ2) is 5.81. The monoisotopic (exact) mass is 279 g/mol. The first-order valence-electron chi connectivity index (χ1n) is 6.26. The molecule has 20 heavy (non-hydrogen) atoms. The Morgan fingerprint density at radius 2 is 1.90 bits per heavy atom. The third kappa shape index (κ3) is 3.01. The van der Waals surface area contributed by atoms with Crippen LogP contribution in [0.15, 0.2) is 18.2 Å². The zero-order valence-electron chi connectivity index (χ0n) is 11.5. The number of benzene rings is 1. The van der Waals surface area contributed by atoms with Gasteiger partial charge in [-0.2, -0.15) is 0 Å². The highest BCUT2D eigenvalue weighted by molar-refractivity contribution is 5.86. The molecule has 1 aromatic carbocycles. The number of hydrogen-bond acceptors (Lipinski definition) is 4. The summed E-state index contributed by atoms with van der Waals surface area (Å²) in [5, 5.41) is 8.96. The summed E-state index contributed by atoms with van der Waals surface area (Å²) in [4.78, 5) is 24.3. The molecule has 1 aromatic rings. The molecule has 108 valence electrons. The number of carbonyl (C=O) groups excluding carboxylic acids is 1. The van der Waals surface area contributed by atoms with Crippen LogP contribution in [-0.2, 0) is 16.1 Å². The van der Waals surface area contributed by atoms with E-state index in [4.69, 9.17) is 14.6 Å². The standard InChI is InChI=1S/C14H17NO5/c1-19-11-3-9(4-12(6-11)20-2)7-15-8-10(14(17)18)5-13(15)16/h3-4,6,10H,5,7-8H2,1-2H3,(H,17,18). The summed E-state index contributed by atoms with van der Waals surface area (Å²) >= 11 is 0. The number of ether oxygens (including phenoxy) is 2. The Kier molecular flexibility index (Phi) is 4.12. The lowest BCUT2D eigenvalue weighted by molar-refractivity contribution is -0.141. The van der Waals surface area contributed by atoms with Gasteiger partial charge in [0.25, 0.3) is 0 Å². The van der Waals surface area contributed by atoms with Gasteiger partial charge in [-0.05, 0) is 17.7 Å². The first-order valence-corrected chi connectivity index (χ1v) is 6.26. The minimum absolute atomic E-state index is 0.0659. The number of carboxylic acids is 1. The number of amides is 1. The van der Waals surface area contributed by atoms with Crippen molar-refractivity contribution in [2.45, 2.75) is 13.0 Å². The van der Waals surface area contributed by atoms with E-state index in [-0.39, 0.29) is 18.9 Å². The molecule has 1 aliphatic rings. The molecule has 1 unspecified atom stereocenters. The number of methoxy groups -OCH3 is 2. The summed E-state index contributed by atoms with van der Waals surface area (Å²) in [5.74, 6) is -0.403. The van der Waals surface area contributed by atoms with E-state index in [0.29, 0.717) is 18.0 Å². The van der Waals surface area contributed by atoms with Crippen LogP contribution in [0.25, 0.3) is 0 Å². The van der Waals surface area contributed by atoms with Crippen LogP contribution in [0.2, 0.25) is 0 Å². The van der Waals surface area contributed by atoms with E-state index >= 15 is 0 Å². The molecular weight excluding hydrogens is 262 g/mol. The first kappa shape index (κ1) is 14.2. The van der Waals surface area contributed by atoms with Gasteiger partial charge in [0.15, 0.2) is 0 Å². The lowest BCUT2D eigenvalue weighted by Gasteiger charge is -2.17. The van der Waals surface area contributed by atoms with Crippen LogP contribution >= 0.6 is 0 Å². The molecule has 0 saturated carbocycles. The molecule has 1 N–H and O–H groups in total. The molecule has 6 heteroatoms. The van der Waals surface area contributed by atoms with Gasteiger partial charge in [-0.3, -0.25) is 9.59 Å². The van der Waals surface area contributed by atoms with Crippen molar-refractivity contribution in [2.75, 3.05) is 20.8 Å². The van der Waals surface area contributed by atoms with Gasteiger partial charge in [-0.1, -0.05) is 0 Å². The molecular formula is C14H17NO5. The lowest BCUT2D eigenvalue weighted by atomic mass is 10.1. The van der Waals surface area contributed by atoms with Crippen molar-refractivity contribution in [3.05, 3.63) is 23.8 Å². The second-order valence-corrected chi connectivity index (χ2v) is 4.73. The Bertz CT molecular complexity index is 506. The lowest BCUT2D eigenvalue weighted by Crippen LogP contribution is -2.25. The summed E-state index contributed by atoms with van der Waals surface area (Å²) in [5.41, 5.74) is 0.848. The van der Waals surface area contributed by atoms with Crippen molar-refractivity contribution < 1.29 is 24.2 Å². The number of carbonyl (C=O) groups is 2. The summed E-state index contributed by atoms with van der Waals surface area (Å²) in [7, 11) is 3.11. The van der Waals surface area contributed by atoms with Crippen molar-refractivity contribution in [1.82, 2.24) is 4.90 Å². The van der Waals surface area contributed by atoms with E-state index in [1.807, 2.05) is 12.1 Å². The molecule has 2 rings (SSSR count). The molecule has 1 fully saturated rings. The van der Waals surface area contributed by atoms with Crippen LogP contribution in [0.4, 0.5) is 0 Å². The molecule has 0 spiro atoms. The number of nitrogens with zero attached hydrogens (tertiary/aromatic N) is 1. The smallest absolute Gasteiger partial charge is 0.308 e. The van der Waals surface area contributed by atoms with Gasteiger partial charge in [0.05, 0.1) is 20.1 Å². The summed E-state index contributed by atoms with van der Waals surface area (Å²) in [6.07, 6.45) is 0.0659. The zero-order valence-corrected chi connectivity index (χ0v) is 11.5. The Morgan fingerprint density at radius 3 is 2.35 bits per heavy atom. The Morgan fingerprint density at radius 1 is 1.30 bits per heavy atom. The average Bonchev–Trinajstić information content (AvgIpc) is 2.80. The summed E-state index contributed by atoms with van der Waals surface area (Å²) < 4.78 is 10.3. The first-order chi connectivity index (χ1) is 9.53. The molecule has 0 aromatic heterocycles. The van der Waals surface area contributed by atoms with E-state index in [2.05, 4.69) is 0 Å². The Hall–Kier alpha value is -2.24. The predicted octanol–water partition coefficient (Wildman–Crippen LogP) is 1.14. The van der Waals surface area contributed by atoms with Crippen molar-refractivity contribution in [3.8, 4) is 11.5 Å². The minimum Gasteiger partial charge on any atom is -0.497 e. The number of likely N-dealkylation sites (tertiary alicyclic amines) is 1. The summed E-state index contributed by atoms with van der Waals surface area (Å²) in [6.45, 7) is 0.601. The maximum Gasteiger partial charge on any atom is 0.308 e. The summed E-state index contributed by atoms with van der Waals surface area (Å²) in [6, 6.07) is 5.36. The Balaban J connectivity index is 2.14. The molecule has 0 aliphatic carbocycles. The zero-order chi connectivity index (χ0) is 14.7. The topological polar surface area (TPSA) is 76.1 Å². The third-order valence-corrected chi connectivity index (χ3v) is 3.35. The van der Waals surface area contributed by atoms with Gasteiger partial charge in [0, 0.05) is 25.6 Å². The third-order valence-electron chi connectivity index (χ3n) is 3.35. The van der Waals surface area contributed by atoms with Gasteiger partial charge in [0.1, 0.15) is 11.5 Å². The highest BCUT2D eigenvalue weighted by Crippen LogP contribution is 2.26. The molecule has 1 amide bonds. The fourth-order valence-corrected chi connectivity index (χ4v) is 2.27. The fraction of sp³-hybridized carbons (Fsp3) is 0.429. The quantitative estimate of drug-likeness (QED) is 0.874. The molecule has 6 nitrogen and oxygen atoms in total. The van der Waals surface area contributed by atoms with Gasteiger partial charge < -0.3 is 19.5 Å². The van der Waals surface area contributed by atoms with Gasteiger partial charge >= 0.3 is 5.97 Å². The van der Waals surface area contributed by atoms with Gasteiger partial charge in [-0.15, -0.1) is 0 Å². The molecule has 1 saturated heterocycles. The predicted molar refractivity (Wildman–Crippen MR) is 70.7 cm³/mol. The fourth-order valence-electron chi connectivity index (χ4n) is 2.27. The molecule has 1 aliphatic heterocycles. The maximum absolute atomic E-state index is 11.8. The van der Waals surface area contributed by atoms with E-state index in [0.717, 1.165) is 5.56 Å². The van der Waals surface area contributed by atoms with Crippen molar-refractivity contribution in [3.63, 3.8) is 0 Å². The maximum atomic E-state index is 11.8. The van der Waals surface area contributed by atoms with Crippen LogP contribution in [0, 0.1) is 5.92 Å². The number of aliphatic carboxylic acids is 1. The largest absolute Gasteiger partial charge is 0.497 e. The van der Waals surface area contributed by atoms with E-state index < -0.39 is 11.9 Å². The van der Waals surface area contributed by atoms with Gasteiger partial charge in [0.2, 0.25) is 5.91 Å². The average molecular weight is 279 g/mol. The highest BCUT2D eigenvalue weighted by atomic mass is 16.5. The molecule has 1 atom stereocenters. The molecule has 0 radical (unpaired) electrons. The van der Waals surface area contributed by atoms with Crippen molar-refractivity contribution in [2.24, 2.45) is 5.92 Å². The normalized spacial score (nSPS) is 18.2. The van der Waals surface area contributed by atoms with Crippen LogP contribution in [0.3, 0.4) is 0 Å². The number of rotatable bonds is 5. The van der Waals surface area contributed by atoms with Crippen LogP contribution in [0.5, 0.6) is 11.5 Å². The van der Waals surface area contributed by atoms with Crippen molar-refractivity contribution >= 4 is 11.9 Å². The van der Waals surface area contributed by atoms with Crippen molar-refractivity contribution in [1.29, 1.82) is 0 Å². The highest BCUT2D eigenvalue weighted by Gasteiger charge is 2.34.